The molecule has 1 amide bonds. The highest BCUT2D eigenvalue weighted by molar-refractivity contribution is 5.83. The molecule has 1 aliphatic carbocycles. The van der Waals surface area contributed by atoms with Gasteiger partial charge < -0.3 is 5.32 Å². The van der Waals surface area contributed by atoms with E-state index < -0.39 is 0 Å². The van der Waals surface area contributed by atoms with E-state index in [4.69, 9.17) is 0 Å². The largest absolute Gasteiger partial charge is 0.348 e. The molecule has 1 unspecified atom stereocenters. The van der Waals surface area contributed by atoms with Gasteiger partial charge in [0, 0.05) is 11.6 Å². The van der Waals surface area contributed by atoms with Gasteiger partial charge in [-0.2, -0.15) is 0 Å². The molecule has 110 valence electrons. The number of carbonyl (C=O) groups is 1. The highest BCUT2D eigenvalue weighted by Gasteiger charge is 2.38. The fourth-order valence-electron chi connectivity index (χ4n) is 3.11. The van der Waals surface area contributed by atoms with Crippen LogP contribution in [0, 0.1) is 12.3 Å². The van der Waals surface area contributed by atoms with Crippen molar-refractivity contribution in [3.8, 4) is 0 Å². The van der Waals surface area contributed by atoms with Gasteiger partial charge in [-0.1, -0.05) is 26.2 Å². The van der Waals surface area contributed by atoms with Gasteiger partial charge in [0.25, 0.3) is 0 Å². The Hall–Kier alpha value is -1.45. The van der Waals surface area contributed by atoms with Crippen molar-refractivity contribution in [3.63, 3.8) is 0 Å². The van der Waals surface area contributed by atoms with Crippen molar-refractivity contribution in [2.24, 2.45) is 5.41 Å². The van der Waals surface area contributed by atoms with Crippen LogP contribution in [0.2, 0.25) is 0 Å². The van der Waals surface area contributed by atoms with Crippen molar-refractivity contribution < 1.29 is 4.79 Å². The maximum Gasteiger partial charge on any atom is 0.226 e. The number of nitrogens with one attached hydrogen (secondary N) is 1. The zero-order chi connectivity index (χ0) is 14.6. The molecule has 1 aromatic rings. The normalized spacial score (nSPS) is 19.4. The molecule has 1 N–H and O–H groups in total. The van der Waals surface area contributed by atoms with E-state index in [9.17, 15) is 4.79 Å². The summed E-state index contributed by atoms with van der Waals surface area (Å²) in [4.78, 5) is 21.2. The molecule has 1 fully saturated rings. The van der Waals surface area contributed by atoms with Crippen LogP contribution in [0.3, 0.4) is 0 Å². The van der Waals surface area contributed by atoms with Crippen molar-refractivity contribution in [1.29, 1.82) is 0 Å². The molecule has 0 bridgehead atoms. The third-order valence-corrected chi connectivity index (χ3v) is 4.56. The molecule has 0 radical (unpaired) electrons. The molecular weight excluding hydrogens is 250 g/mol. The van der Waals surface area contributed by atoms with E-state index in [1.807, 2.05) is 19.9 Å². The molecule has 2 rings (SSSR count). The van der Waals surface area contributed by atoms with Crippen LogP contribution in [-0.2, 0) is 4.79 Å². The molecule has 1 aliphatic rings. The minimum atomic E-state index is -0.158. The summed E-state index contributed by atoms with van der Waals surface area (Å²) < 4.78 is 0. The quantitative estimate of drug-likeness (QED) is 0.917. The van der Waals surface area contributed by atoms with Crippen LogP contribution >= 0.6 is 0 Å². The fraction of sp³-hybridized carbons (Fsp3) is 0.688. The number of hydrogen-bond donors (Lipinski definition) is 1. The molecule has 1 atom stereocenters. The zero-order valence-electron chi connectivity index (χ0n) is 12.8. The first kappa shape index (κ1) is 14.9. The van der Waals surface area contributed by atoms with Gasteiger partial charge in [-0.3, -0.25) is 4.79 Å². The first-order chi connectivity index (χ1) is 9.57. The zero-order valence-corrected chi connectivity index (χ0v) is 12.8. The van der Waals surface area contributed by atoms with Gasteiger partial charge in [0.1, 0.15) is 5.82 Å². The van der Waals surface area contributed by atoms with E-state index in [1.54, 1.807) is 6.20 Å². The third kappa shape index (κ3) is 3.17. The number of aryl methyl sites for hydroxylation is 1. The predicted molar refractivity (Wildman–Crippen MR) is 79.1 cm³/mol. The van der Waals surface area contributed by atoms with Gasteiger partial charge in [0.15, 0.2) is 0 Å². The molecule has 0 aliphatic heterocycles. The Morgan fingerprint density at radius 3 is 2.70 bits per heavy atom. The van der Waals surface area contributed by atoms with Crippen LogP contribution in [-0.4, -0.2) is 15.9 Å². The summed E-state index contributed by atoms with van der Waals surface area (Å²) in [7, 11) is 0. The summed E-state index contributed by atoms with van der Waals surface area (Å²) in [5.41, 5.74) is 0.724. The van der Waals surface area contributed by atoms with Gasteiger partial charge >= 0.3 is 0 Å². The Kier molecular flexibility index (Phi) is 4.73. The van der Waals surface area contributed by atoms with Crippen LogP contribution in [0.5, 0.6) is 0 Å². The first-order valence-corrected chi connectivity index (χ1v) is 7.68. The Balaban J connectivity index is 2.06. The number of amides is 1. The molecule has 0 aromatic carbocycles. The Labute approximate surface area is 121 Å². The van der Waals surface area contributed by atoms with E-state index in [-0.39, 0.29) is 17.4 Å². The lowest BCUT2D eigenvalue weighted by molar-refractivity contribution is -0.134. The number of rotatable bonds is 4. The lowest BCUT2D eigenvalue weighted by Gasteiger charge is -2.35. The molecule has 1 heterocycles. The minimum Gasteiger partial charge on any atom is -0.348 e. The number of nitrogens with zero attached hydrogens (tertiary/aromatic N) is 2. The van der Waals surface area contributed by atoms with Crippen LogP contribution in [0.4, 0.5) is 0 Å². The Morgan fingerprint density at radius 2 is 2.10 bits per heavy atom. The second-order valence-corrected chi connectivity index (χ2v) is 5.92. The summed E-state index contributed by atoms with van der Waals surface area (Å²) in [6.07, 6.45) is 8.31. The second kappa shape index (κ2) is 6.33. The van der Waals surface area contributed by atoms with Crippen molar-refractivity contribution in [2.45, 2.75) is 65.3 Å². The smallest absolute Gasteiger partial charge is 0.226 e. The maximum absolute atomic E-state index is 12.7. The van der Waals surface area contributed by atoms with E-state index in [0.29, 0.717) is 0 Å². The highest BCUT2D eigenvalue weighted by atomic mass is 16.2. The van der Waals surface area contributed by atoms with Gasteiger partial charge in [-0.15, -0.1) is 0 Å². The summed E-state index contributed by atoms with van der Waals surface area (Å²) in [5, 5.41) is 3.16. The lowest BCUT2D eigenvalue weighted by atomic mass is 9.71. The highest BCUT2D eigenvalue weighted by Crippen LogP contribution is 2.39. The van der Waals surface area contributed by atoms with Crippen molar-refractivity contribution in [3.05, 3.63) is 23.8 Å². The molecule has 1 saturated carbocycles. The molecular formula is C16H25N3O. The summed E-state index contributed by atoms with van der Waals surface area (Å²) >= 11 is 0. The number of aromatic nitrogens is 2. The predicted octanol–water partition coefficient (Wildman–Crippen LogP) is 3.32. The molecule has 0 saturated heterocycles. The monoisotopic (exact) mass is 275 g/mol. The van der Waals surface area contributed by atoms with Gasteiger partial charge in [0.05, 0.1) is 11.7 Å². The van der Waals surface area contributed by atoms with E-state index in [1.165, 1.54) is 19.3 Å². The van der Waals surface area contributed by atoms with E-state index >= 15 is 0 Å². The lowest BCUT2D eigenvalue weighted by Crippen LogP contribution is -2.43. The van der Waals surface area contributed by atoms with Gasteiger partial charge in [0.2, 0.25) is 5.91 Å². The molecule has 1 aromatic heterocycles. The topological polar surface area (TPSA) is 54.9 Å². The van der Waals surface area contributed by atoms with Crippen molar-refractivity contribution in [2.75, 3.05) is 0 Å². The van der Waals surface area contributed by atoms with Crippen molar-refractivity contribution in [1.82, 2.24) is 15.3 Å². The standard InChI is InChI=1S/C16H25N3O/c1-4-16(9-6-5-7-10-16)15(20)18-12(2)14-8-11-17-13(3)19-14/h8,11-12H,4-7,9-10H2,1-3H3,(H,18,20). The Morgan fingerprint density at radius 1 is 1.40 bits per heavy atom. The molecule has 20 heavy (non-hydrogen) atoms. The minimum absolute atomic E-state index is 0.0606. The molecule has 4 nitrogen and oxygen atoms in total. The van der Waals surface area contributed by atoms with Gasteiger partial charge in [-0.05, 0) is 39.2 Å². The third-order valence-electron chi connectivity index (χ3n) is 4.56. The van der Waals surface area contributed by atoms with Crippen molar-refractivity contribution >= 4 is 5.91 Å². The summed E-state index contributed by atoms with van der Waals surface area (Å²) in [5.74, 6) is 0.940. The number of carbonyl (C=O) groups excluding carboxylic acids is 1. The molecule has 4 heteroatoms. The number of hydrogen-bond acceptors (Lipinski definition) is 3. The van der Waals surface area contributed by atoms with E-state index in [2.05, 4.69) is 22.2 Å². The van der Waals surface area contributed by atoms with Gasteiger partial charge in [-0.25, -0.2) is 9.97 Å². The van der Waals surface area contributed by atoms with E-state index in [0.717, 1.165) is 30.8 Å². The summed E-state index contributed by atoms with van der Waals surface area (Å²) in [6, 6.07) is 1.81. The van der Waals surface area contributed by atoms with Crippen LogP contribution < -0.4 is 5.32 Å². The fourth-order valence-corrected chi connectivity index (χ4v) is 3.11. The Bertz CT molecular complexity index is 467. The second-order valence-electron chi connectivity index (χ2n) is 5.92. The molecule has 0 spiro atoms. The van der Waals surface area contributed by atoms with Crippen LogP contribution in [0.25, 0.3) is 0 Å². The maximum atomic E-state index is 12.7. The first-order valence-electron chi connectivity index (χ1n) is 7.68. The summed E-state index contributed by atoms with van der Waals surface area (Å²) in [6.45, 7) is 5.99. The average molecular weight is 275 g/mol. The SMILES string of the molecule is CCC1(C(=O)NC(C)c2ccnc(C)n2)CCCCC1. The average Bonchev–Trinajstić information content (AvgIpc) is 2.47. The van der Waals surface area contributed by atoms with Crippen LogP contribution in [0.1, 0.15) is 69.9 Å². The van der Waals surface area contributed by atoms with Crippen LogP contribution in [0.15, 0.2) is 12.3 Å².